The molecule has 4 heterocycles. The van der Waals surface area contributed by atoms with Gasteiger partial charge in [0.1, 0.15) is 22.6 Å². The number of carbonyl (C=O) groups excluding carboxylic acids is 4. The Kier molecular flexibility index (Phi) is 8.49. The summed E-state index contributed by atoms with van der Waals surface area (Å²) in [6, 6.07) is 17.9. The predicted octanol–water partition coefficient (Wildman–Crippen LogP) is 5.52. The van der Waals surface area contributed by atoms with E-state index in [1.165, 1.54) is 70.9 Å². The maximum atomic E-state index is 13.8. The standard InChI is InChI=1S/C32H24N6O6S4/c1-15(39)33-27-19(29(41)37(35-27)17-11-7-5-8-12-17)31-45-23-21(43-3)25-26(22(44-4)24(23)46-31)48-32(47-25)20-28(34-16(2)40)36-38(30(20)42)18-13-9-6-10-14-18/h5-14H,1-4H3,(H,33,35,39)(H,34,36,40). The number of anilines is 2. The summed E-state index contributed by atoms with van der Waals surface area (Å²) < 4.78 is 13.2. The molecular formula is C32H24N6O6S4. The Balaban J connectivity index is 1.30. The van der Waals surface area contributed by atoms with Crippen molar-refractivity contribution in [2.75, 3.05) is 24.2 Å². The van der Waals surface area contributed by atoms with Gasteiger partial charge in [-0.3, -0.25) is 19.2 Å². The molecule has 0 spiro atoms. The normalized spacial score (nSPS) is 16.7. The van der Waals surface area contributed by atoms with Crippen molar-refractivity contribution in [3.63, 3.8) is 0 Å². The van der Waals surface area contributed by atoms with E-state index in [0.717, 1.165) is 0 Å². The fourth-order valence-corrected chi connectivity index (χ4v) is 10.8. The quantitative estimate of drug-likeness (QED) is 0.332. The SMILES string of the molecule is COc1c2c(c(OC)c3c1SC(=C1C(=O)N(c4ccccc4)N=C1NC(C)=O)S3)SC(=C1C(=O)N(c3ccccc3)N=C1NC(C)=O)S2. The Labute approximate surface area is 291 Å². The van der Waals surface area contributed by atoms with Gasteiger partial charge in [0, 0.05) is 13.8 Å². The Bertz CT molecular complexity index is 1880. The molecule has 0 atom stereocenters. The van der Waals surface area contributed by atoms with Gasteiger partial charge in [0.05, 0.1) is 53.7 Å². The number of fused-ring (bicyclic) bond motifs is 2. The number of amides is 4. The summed E-state index contributed by atoms with van der Waals surface area (Å²) in [5.41, 5.74) is 1.62. The van der Waals surface area contributed by atoms with E-state index in [0.29, 0.717) is 50.9 Å². The molecule has 242 valence electrons. The van der Waals surface area contributed by atoms with Gasteiger partial charge in [0.25, 0.3) is 11.8 Å². The molecule has 4 aliphatic heterocycles. The molecule has 0 fully saturated rings. The average Bonchev–Trinajstić information content (AvgIpc) is 3.83. The number of methoxy groups -OCH3 is 2. The number of carbonyl (C=O) groups is 4. The molecule has 7 rings (SSSR count). The Morgan fingerprint density at radius 1 is 0.604 bits per heavy atom. The molecule has 48 heavy (non-hydrogen) atoms. The van der Waals surface area contributed by atoms with E-state index in [1.54, 1.807) is 62.8 Å². The molecule has 0 bridgehead atoms. The molecule has 16 heteroatoms. The van der Waals surface area contributed by atoms with Crippen LogP contribution in [0.5, 0.6) is 11.5 Å². The number of ether oxygens (including phenoxy) is 2. The summed E-state index contributed by atoms with van der Waals surface area (Å²) in [5.74, 6) is -0.139. The molecular weight excluding hydrogens is 693 g/mol. The van der Waals surface area contributed by atoms with E-state index in [2.05, 4.69) is 20.8 Å². The van der Waals surface area contributed by atoms with E-state index in [-0.39, 0.29) is 46.4 Å². The molecule has 0 aromatic heterocycles. The fourth-order valence-electron chi connectivity index (χ4n) is 5.15. The van der Waals surface area contributed by atoms with Crippen LogP contribution < -0.4 is 30.1 Å². The van der Waals surface area contributed by atoms with E-state index in [1.807, 2.05) is 12.1 Å². The lowest BCUT2D eigenvalue weighted by atomic mass is 10.2. The van der Waals surface area contributed by atoms with Crippen molar-refractivity contribution in [3.8, 4) is 11.5 Å². The topological polar surface area (TPSA) is 142 Å². The lowest BCUT2D eigenvalue weighted by Gasteiger charge is -2.14. The monoisotopic (exact) mass is 716 g/mol. The van der Waals surface area contributed by atoms with Crippen molar-refractivity contribution >= 4 is 93.7 Å². The van der Waals surface area contributed by atoms with Crippen molar-refractivity contribution < 1.29 is 28.7 Å². The van der Waals surface area contributed by atoms with Crippen LogP contribution in [-0.2, 0) is 19.2 Å². The molecule has 0 saturated carbocycles. The fraction of sp³-hybridized carbons (Fsp3) is 0.125. The molecule has 3 aromatic carbocycles. The Morgan fingerprint density at radius 3 is 1.23 bits per heavy atom. The first-order valence-electron chi connectivity index (χ1n) is 14.2. The second-order valence-electron chi connectivity index (χ2n) is 10.3. The number of thioether (sulfide) groups is 4. The second kappa shape index (κ2) is 12.8. The van der Waals surface area contributed by atoms with E-state index >= 15 is 0 Å². The number of hydrogen-bond acceptors (Lipinski definition) is 12. The third-order valence-electron chi connectivity index (χ3n) is 7.11. The van der Waals surface area contributed by atoms with Gasteiger partial charge in [0.2, 0.25) is 11.8 Å². The Morgan fingerprint density at radius 2 is 0.938 bits per heavy atom. The number of nitrogens with zero attached hydrogens (tertiary/aromatic N) is 4. The molecule has 0 saturated heterocycles. The van der Waals surface area contributed by atoms with Gasteiger partial charge in [0.15, 0.2) is 11.7 Å². The number of nitrogens with one attached hydrogen (secondary N) is 2. The highest BCUT2D eigenvalue weighted by molar-refractivity contribution is 8.26. The van der Waals surface area contributed by atoms with Gasteiger partial charge in [-0.2, -0.15) is 10.0 Å². The zero-order valence-corrected chi connectivity index (χ0v) is 28.9. The van der Waals surface area contributed by atoms with Crippen molar-refractivity contribution in [1.82, 2.24) is 10.6 Å². The zero-order chi connectivity index (χ0) is 33.7. The molecule has 0 aliphatic carbocycles. The van der Waals surface area contributed by atoms with Crippen molar-refractivity contribution in [1.29, 1.82) is 0 Å². The van der Waals surface area contributed by atoms with Crippen LogP contribution in [0.25, 0.3) is 0 Å². The summed E-state index contributed by atoms with van der Waals surface area (Å²) >= 11 is 5.26. The van der Waals surface area contributed by atoms with Gasteiger partial charge in [-0.1, -0.05) is 83.4 Å². The number of benzene rings is 3. The number of hydrazone groups is 2. The molecule has 12 nitrogen and oxygen atoms in total. The maximum absolute atomic E-state index is 13.8. The Hall–Kier alpha value is -4.64. The molecule has 0 unspecified atom stereocenters. The van der Waals surface area contributed by atoms with E-state index in [4.69, 9.17) is 9.47 Å². The van der Waals surface area contributed by atoms with Crippen molar-refractivity contribution in [3.05, 3.63) is 80.3 Å². The molecule has 4 amide bonds. The van der Waals surface area contributed by atoms with Gasteiger partial charge >= 0.3 is 0 Å². The maximum Gasteiger partial charge on any atom is 0.284 e. The van der Waals surface area contributed by atoms with Gasteiger partial charge < -0.3 is 20.1 Å². The second-order valence-corrected chi connectivity index (χ2v) is 14.9. The minimum atomic E-state index is -0.387. The molecule has 4 aliphatic rings. The van der Waals surface area contributed by atoms with Crippen LogP contribution in [0.4, 0.5) is 11.4 Å². The van der Waals surface area contributed by atoms with Gasteiger partial charge in [-0.25, -0.2) is 0 Å². The van der Waals surface area contributed by atoms with Crippen LogP contribution >= 0.6 is 47.0 Å². The highest BCUT2D eigenvalue weighted by Gasteiger charge is 2.44. The first-order chi connectivity index (χ1) is 23.2. The van der Waals surface area contributed by atoms with Crippen LogP contribution in [0, 0.1) is 0 Å². The summed E-state index contributed by atoms with van der Waals surface area (Å²) in [7, 11) is 3.11. The smallest absolute Gasteiger partial charge is 0.284 e. The molecule has 2 N–H and O–H groups in total. The largest absolute Gasteiger partial charge is 0.494 e. The van der Waals surface area contributed by atoms with Crippen LogP contribution in [0.1, 0.15) is 13.8 Å². The van der Waals surface area contributed by atoms with Crippen LogP contribution in [0.3, 0.4) is 0 Å². The van der Waals surface area contributed by atoms with Gasteiger partial charge in [-0.05, 0) is 24.3 Å². The average molecular weight is 717 g/mol. The number of rotatable bonds is 4. The predicted molar refractivity (Wildman–Crippen MR) is 187 cm³/mol. The first kappa shape index (κ1) is 31.9. The molecule has 3 aromatic rings. The highest BCUT2D eigenvalue weighted by Crippen LogP contribution is 2.68. The summed E-state index contributed by atoms with van der Waals surface area (Å²) in [5, 5.41) is 16.9. The summed E-state index contributed by atoms with van der Waals surface area (Å²) in [6.45, 7) is 2.72. The number of amidine groups is 2. The molecule has 0 radical (unpaired) electrons. The van der Waals surface area contributed by atoms with Crippen LogP contribution in [0.15, 0.2) is 110 Å². The summed E-state index contributed by atoms with van der Waals surface area (Å²) in [4.78, 5) is 54.8. The van der Waals surface area contributed by atoms with Crippen molar-refractivity contribution in [2.24, 2.45) is 10.2 Å². The van der Waals surface area contributed by atoms with Crippen molar-refractivity contribution in [2.45, 2.75) is 33.4 Å². The van der Waals surface area contributed by atoms with E-state index in [9.17, 15) is 19.2 Å². The summed E-state index contributed by atoms with van der Waals surface area (Å²) in [6.07, 6.45) is 0. The van der Waals surface area contributed by atoms with Gasteiger partial charge in [-0.15, -0.1) is 10.2 Å². The van der Waals surface area contributed by atoms with Crippen LogP contribution in [0.2, 0.25) is 0 Å². The minimum Gasteiger partial charge on any atom is -0.494 e. The lowest BCUT2D eigenvalue weighted by molar-refractivity contribution is -0.118. The van der Waals surface area contributed by atoms with E-state index < -0.39 is 0 Å². The number of hydrogen-bond donors (Lipinski definition) is 2. The third-order valence-corrected chi connectivity index (χ3v) is 12.3. The lowest BCUT2D eigenvalue weighted by Crippen LogP contribution is -2.29. The minimum absolute atomic E-state index is 0.146. The number of para-hydroxylation sites is 2. The first-order valence-corrected chi connectivity index (χ1v) is 17.5. The van der Waals surface area contributed by atoms with Crippen LogP contribution in [-0.4, -0.2) is 49.5 Å². The zero-order valence-electron chi connectivity index (χ0n) is 25.6. The highest BCUT2D eigenvalue weighted by atomic mass is 32.2. The third kappa shape index (κ3) is 5.43.